The zero-order chi connectivity index (χ0) is 9.84. The highest BCUT2D eigenvalue weighted by Crippen LogP contribution is 2.07. The quantitative estimate of drug-likeness (QED) is 0.609. The Morgan fingerprint density at radius 1 is 1.69 bits per heavy atom. The lowest BCUT2D eigenvalue weighted by Gasteiger charge is -2.36. The second-order valence-electron chi connectivity index (χ2n) is 3.49. The van der Waals surface area contributed by atoms with E-state index in [1.54, 1.807) is 0 Å². The Balaban J connectivity index is 2.45. The summed E-state index contributed by atoms with van der Waals surface area (Å²) < 4.78 is 4.68. The smallest absolute Gasteiger partial charge is 0.324 e. The summed E-state index contributed by atoms with van der Waals surface area (Å²) in [5.41, 5.74) is 0. The van der Waals surface area contributed by atoms with Crippen molar-refractivity contribution in [2.24, 2.45) is 0 Å². The van der Waals surface area contributed by atoms with Gasteiger partial charge in [-0.2, -0.15) is 0 Å². The third-order valence-corrected chi connectivity index (χ3v) is 2.65. The van der Waals surface area contributed by atoms with Crippen molar-refractivity contribution in [3.05, 3.63) is 0 Å². The predicted molar refractivity (Wildman–Crippen MR) is 50.5 cm³/mol. The summed E-state index contributed by atoms with van der Waals surface area (Å²) in [4.78, 5) is 13.4. The average molecular weight is 186 g/mol. The first-order valence-electron chi connectivity index (χ1n) is 4.70. The van der Waals surface area contributed by atoms with Gasteiger partial charge in [0.05, 0.1) is 7.11 Å². The van der Waals surface area contributed by atoms with Crippen LogP contribution in [-0.2, 0) is 9.53 Å². The molecule has 0 aromatic carbocycles. The van der Waals surface area contributed by atoms with Crippen molar-refractivity contribution in [3.8, 4) is 0 Å². The zero-order valence-corrected chi connectivity index (χ0v) is 8.54. The molecule has 0 saturated carbocycles. The van der Waals surface area contributed by atoms with E-state index < -0.39 is 0 Å². The molecule has 1 fully saturated rings. The van der Waals surface area contributed by atoms with E-state index in [-0.39, 0.29) is 12.0 Å². The Labute approximate surface area is 79.2 Å². The van der Waals surface area contributed by atoms with E-state index in [2.05, 4.69) is 21.9 Å². The Morgan fingerprint density at radius 3 is 2.85 bits per heavy atom. The van der Waals surface area contributed by atoms with Crippen LogP contribution >= 0.6 is 0 Å². The normalized spacial score (nSPS) is 30.1. The minimum Gasteiger partial charge on any atom is -0.468 e. The molecule has 0 amide bonds. The van der Waals surface area contributed by atoms with Crippen molar-refractivity contribution in [1.29, 1.82) is 0 Å². The molecule has 1 unspecified atom stereocenters. The summed E-state index contributed by atoms with van der Waals surface area (Å²) >= 11 is 0. The maximum absolute atomic E-state index is 11.2. The minimum atomic E-state index is -0.165. The number of hydrogen-bond acceptors (Lipinski definition) is 4. The average Bonchev–Trinajstić information content (AvgIpc) is 2.16. The van der Waals surface area contributed by atoms with E-state index in [9.17, 15) is 4.79 Å². The lowest BCUT2D eigenvalue weighted by molar-refractivity contribution is -0.144. The number of likely N-dealkylation sites (N-methyl/N-ethyl adjacent to an activating group) is 1. The van der Waals surface area contributed by atoms with Gasteiger partial charge in [0.2, 0.25) is 0 Å². The molecule has 1 rings (SSSR count). The van der Waals surface area contributed by atoms with Crippen LogP contribution in [0, 0.1) is 0 Å². The van der Waals surface area contributed by atoms with Crippen LogP contribution in [0.1, 0.15) is 13.3 Å². The highest BCUT2D eigenvalue weighted by molar-refractivity contribution is 5.76. The van der Waals surface area contributed by atoms with Gasteiger partial charge in [-0.05, 0) is 13.5 Å². The fraction of sp³-hybridized carbons (Fsp3) is 0.889. The number of ether oxygens (including phenoxy) is 1. The number of rotatable bonds is 2. The third-order valence-electron chi connectivity index (χ3n) is 2.65. The summed E-state index contributed by atoms with van der Waals surface area (Å²) in [7, 11) is 3.47. The van der Waals surface area contributed by atoms with E-state index in [0.29, 0.717) is 6.04 Å². The topological polar surface area (TPSA) is 41.6 Å². The molecule has 76 valence electrons. The van der Waals surface area contributed by atoms with E-state index in [1.807, 2.05) is 7.05 Å². The molecular weight excluding hydrogens is 168 g/mol. The zero-order valence-electron chi connectivity index (χ0n) is 8.54. The SMILES string of the molecule is CCC1CN[C@H](C(=O)OC)CN1C. The number of nitrogens with one attached hydrogen (secondary N) is 1. The lowest BCUT2D eigenvalue weighted by atomic mass is 10.1. The second kappa shape index (κ2) is 4.58. The molecule has 1 aliphatic heterocycles. The standard InChI is InChI=1S/C9H18N2O2/c1-4-7-5-10-8(6-11(7)2)9(12)13-3/h7-8,10H,4-6H2,1-3H3/t7?,8-/m0/s1. The summed E-state index contributed by atoms with van der Waals surface area (Å²) in [5, 5.41) is 3.18. The van der Waals surface area contributed by atoms with E-state index in [0.717, 1.165) is 19.5 Å². The van der Waals surface area contributed by atoms with E-state index in [1.165, 1.54) is 7.11 Å². The predicted octanol–water partition coefficient (Wildman–Crippen LogP) is -0.158. The third kappa shape index (κ3) is 2.42. The molecular formula is C9H18N2O2. The molecule has 0 aliphatic carbocycles. The molecule has 0 spiro atoms. The van der Waals surface area contributed by atoms with Crippen molar-refractivity contribution >= 4 is 5.97 Å². The van der Waals surface area contributed by atoms with Gasteiger partial charge in [-0.15, -0.1) is 0 Å². The van der Waals surface area contributed by atoms with Crippen LogP contribution in [0.4, 0.5) is 0 Å². The molecule has 4 heteroatoms. The Morgan fingerprint density at radius 2 is 2.38 bits per heavy atom. The summed E-state index contributed by atoms with van der Waals surface area (Å²) in [6, 6.07) is 0.388. The lowest BCUT2D eigenvalue weighted by Crippen LogP contribution is -2.57. The van der Waals surface area contributed by atoms with Crippen LogP contribution in [0.5, 0.6) is 0 Å². The van der Waals surface area contributed by atoms with Crippen LogP contribution in [-0.4, -0.2) is 50.2 Å². The molecule has 1 N–H and O–H groups in total. The van der Waals surface area contributed by atoms with Gasteiger partial charge in [0.15, 0.2) is 0 Å². The molecule has 1 heterocycles. The maximum Gasteiger partial charge on any atom is 0.324 e. The van der Waals surface area contributed by atoms with Gasteiger partial charge in [-0.3, -0.25) is 4.79 Å². The van der Waals surface area contributed by atoms with Crippen LogP contribution < -0.4 is 5.32 Å². The highest BCUT2D eigenvalue weighted by Gasteiger charge is 2.28. The first-order valence-corrected chi connectivity index (χ1v) is 4.70. The maximum atomic E-state index is 11.2. The summed E-state index contributed by atoms with van der Waals surface area (Å²) in [5.74, 6) is -0.165. The number of nitrogens with zero attached hydrogens (tertiary/aromatic N) is 1. The van der Waals surface area contributed by atoms with Crippen molar-refractivity contribution < 1.29 is 9.53 Å². The molecule has 1 aliphatic rings. The van der Waals surface area contributed by atoms with E-state index >= 15 is 0 Å². The fourth-order valence-electron chi connectivity index (χ4n) is 1.69. The van der Waals surface area contributed by atoms with Crippen molar-refractivity contribution in [2.75, 3.05) is 27.2 Å². The summed E-state index contributed by atoms with van der Waals surface area (Å²) in [6.07, 6.45) is 1.11. The molecule has 0 radical (unpaired) electrons. The van der Waals surface area contributed by atoms with Crippen LogP contribution in [0.25, 0.3) is 0 Å². The van der Waals surface area contributed by atoms with Gasteiger partial charge in [-0.25, -0.2) is 0 Å². The Bertz CT molecular complexity index is 184. The van der Waals surface area contributed by atoms with Crippen LogP contribution in [0.15, 0.2) is 0 Å². The molecule has 4 nitrogen and oxygen atoms in total. The van der Waals surface area contributed by atoms with E-state index in [4.69, 9.17) is 0 Å². The van der Waals surface area contributed by atoms with Gasteiger partial charge in [0.1, 0.15) is 6.04 Å². The van der Waals surface area contributed by atoms with Gasteiger partial charge in [-0.1, -0.05) is 6.92 Å². The Kier molecular flexibility index (Phi) is 3.69. The van der Waals surface area contributed by atoms with Crippen molar-refractivity contribution in [2.45, 2.75) is 25.4 Å². The molecule has 0 aromatic rings. The number of methoxy groups -OCH3 is 1. The summed E-state index contributed by atoms with van der Waals surface area (Å²) in [6.45, 7) is 3.76. The molecule has 0 bridgehead atoms. The van der Waals surface area contributed by atoms with Crippen molar-refractivity contribution in [1.82, 2.24) is 10.2 Å². The highest BCUT2D eigenvalue weighted by atomic mass is 16.5. The van der Waals surface area contributed by atoms with Gasteiger partial charge in [0, 0.05) is 19.1 Å². The molecule has 2 atom stereocenters. The Hall–Kier alpha value is -0.610. The monoisotopic (exact) mass is 186 g/mol. The largest absolute Gasteiger partial charge is 0.468 e. The number of carbonyl (C=O) groups excluding carboxylic acids is 1. The number of hydrogen-bond donors (Lipinski definition) is 1. The second-order valence-corrected chi connectivity index (χ2v) is 3.49. The molecule has 1 saturated heterocycles. The van der Waals surface area contributed by atoms with Crippen LogP contribution in [0.2, 0.25) is 0 Å². The first kappa shape index (κ1) is 10.5. The van der Waals surface area contributed by atoms with Gasteiger partial charge < -0.3 is 15.0 Å². The first-order chi connectivity index (χ1) is 6.19. The number of piperazine rings is 1. The van der Waals surface area contributed by atoms with Crippen molar-refractivity contribution in [3.63, 3.8) is 0 Å². The molecule has 13 heavy (non-hydrogen) atoms. The van der Waals surface area contributed by atoms with Gasteiger partial charge in [0.25, 0.3) is 0 Å². The number of carbonyl (C=O) groups is 1. The van der Waals surface area contributed by atoms with Crippen LogP contribution in [0.3, 0.4) is 0 Å². The minimum absolute atomic E-state index is 0.155. The van der Waals surface area contributed by atoms with Gasteiger partial charge >= 0.3 is 5.97 Å². The number of esters is 1. The molecule has 0 aromatic heterocycles. The fourth-order valence-corrected chi connectivity index (χ4v) is 1.69.